The Morgan fingerprint density at radius 3 is 2.39 bits per heavy atom. The summed E-state index contributed by atoms with van der Waals surface area (Å²) in [6, 6.07) is 14.2. The van der Waals surface area contributed by atoms with Crippen LogP contribution in [0.5, 0.6) is 17.2 Å². The summed E-state index contributed by atoms with van der Waals surface area (Å²) in [6.07, 6.45) is -3.43. The molecule has 1 N–H and O–H groups in total. The highest BCUT2D eigenvalue weighted by atomic mass is 32.1. The van der Waals surface area contributed by atoms with E-state index in [-0.39, 0.29) is 28.6 Å². The number of aryl methyl sites for hydroxylation is 1. The Balaban J connectivity index is 1.50. The lowest BCUT2D eigenvalue weighted by atomic mass is 10.1. The summed E-state index contributed by atoms with van der Waals surface area (Å²) in [5.41, 5.74) is 1.22. The number of aromatic nitrogens is 2. The molecular formula is C25H23F3N4O5S. The van der Waals surface area contributed by atoms with Gasteiger partial charge in [0, 0.05) is 0 Å². The molecule has 3 rings (SSSR count). The summed E-state index contributed by atoms with van der Waals surface area (Å²) in [7, 11) is 1.43. The first-order chi connectivity index (χ1) is 18.2. The van der Waals surface area contributed by atoms with Crippen molar-refractivity contribution in [2.24, 2.45) is 0 Å². The number of carbonyl (C=O) groups excluding carboxylic acids is 1. The number of methoxy groups -OCH3 is 1. The average Bonchev–Trinajstić information content (AvgIpc) is 3.37. The molecule has 0 aliphatic rings. The van der Waals surface area contributed by atoms with E-state index in [1.807, 2.05) is 31.2 Å². The van der Waals surface area contributed by atoms with Gasteiger partial charge in [0.1, 0.15) is 30.6 Å². The Morgan fingerprint density at radius 2 is 1.76 bits per heavy atom. The molecule has 1 heterocycles. The highest BCUT2D eigenvalue weighted by molar-refractivity contribution is 7.15. The zero-order valence-electron chi connectivity index (χ0n) is 20.4. The van der Waals surface area contributed by atoms with Gasteiger partial charge in [0.2, 0.25) is 10.1 Å². The fraction of sp³-hybridized carbons (Fsp3) is 0.280. The quantitative estimate of drug-likeness (QED) is 0.193. The largest absolute Gasteiger partial charge is 0.493 e. The van der Waals surface area contributed by atoms with Gasteiger partial charge in [-0.25, -0.2) is 0 Å². The molecule has 1 aromatic heterocycles. The molecule has 0 atom stereocenters. The maximum atomic E-state index is 12.7. The predicted molar refractivity (Wildman–Crippen MR) is 133 cm³/mol. The highest BCUT2D eigenvalue weighted by Crippen LogP contribution is 2.33. The number of benzene rings is 2. The molecule has 0 aliphatic heterocycles. The van der Waals surface area contributed by atoms with E-state index in [9.17, 15) is 23.2 Å². The van der Waals surface area contributed by atoms with Crippen LogP contribution in [0.2, 0.25) is 0 Å². The van der Waals surface area contributed by atoms with Crippen LogP contribution in [0, 0.1) is 18.3 Å². The number of nitriles is 1. The molecule has 38 heavy (non-hydrogen) atoms. The molecule has 0 saturated carbocycles. The number of alkyl halides is 3. The van der Waals surface area contributed by atoms with Crippen molar-refractivity contribution in [3.63, 3.8) is 0 Å². The van der Waals surface area contributed by atoms with E-state index < -0.39 is 17.1 Å². The van der Waals surface area contributed by atoms with E-state index in [0.29, 0.717) is 36.9 Å². The molecule has 2 aromatic carbocycles. The van der Waals surface area contributed by atoms with Crippen LogP contribution < -0.4 is 19.5 Å². The molecule has 13 heteroatoms. The summed E-state index contributed by atoms with van der Waals surface area (Å²) >= 11 is 0.154. The van der Waals surface area contributed by atoms with Crippen LogP contribution in [-0.2, 0) is 15.7 Å². The molecule has 0 unspecified atom stereocenters. The van der Waals surface area contributed by atoms with Crippen molar-refractivity contribution in [2.45, 2.75) is 13.1 Å². The summed E-state index contributed by atoms with van der Waals surface area (Å²) in [5, 5.41) is 16.2. The van der Waals surface area contributed by atoms with Gasteiger partial charge in [0.15, 0.2) is 11.5 Å². The van der Waals surface area contributed by atoms with Crippen LogP contribution in [0.15, 0.2) is 48.0 Å². The van der Waals surface area contributed by atoms with E-state index >= 15 is 0 Å². The number of nitrogens with one attached hydrogen (secondary N) is 1. The number of amides is 1. The number of halogens is 3. The first-order valence-electron chi connectivity index (χ1n) is 11.1. The van der Waals surface area contributed by atoms with Crippen molar-refractivity contribution >= 4 is 28.5 Å². The molecule has 3 aromatic rings. The van der Waals surface area contributed by atoms with E-state index in [0.717, 1.165) is 11.3 Å². The van der Waals surface area contributed by atoms with Gasteiger partial charge in [0.25, 0.3) is 5.91 Å². The summed E-state index contributed by atoms with van der Waals surface area (Å²) in [4.78, 5) is 12.3. The number of carbonyl (C=O) groups is 1. The lowest BCUT2D eigenvalue weighted by Gasteiger charge is -2.12. The molecule has 9 nitrogen and oxygen atoms in total. The van der Waals surface area contributed by atoms with Gasteiger partial charge < -0.3 is 18.9 Å². The summed E-state index contributed by atoms with van der Waals surface area (Å²) in [6.45, 7) is 3.32. The van der Waals surface area contributed by atoms with Gasteiger partial charge >= 0.3 is 6.18 Å². The highest BCUT2D eigenvalue weighted by Gasteiger charge is 2.35. The second-order valence-corrected chi connectivity index (χ2v) is 8.54. The maximum Gasteiger partial charge on any atom is 0.445 e. The smallest absolute Gasteiger partial charge is 0.445 e. The van der Waals surface area contributed by atoms with Gasteiger partial charge in [-0.2, -0.15) is 18.4 Å². The van der Waals surface area contributed by atoms with Gasteiger partial charge in [-0.15, -0.1) is 10.2 Å². The van der Waals surface area contributed by atoms with Crippen molar-refractivity contribution in [1.82, 2.24) is 10.2 Å². The Kier molecular flexibility index (Phi) is 10.0. The van der Waals surface area contributed by atoms with Crippen LogP contribution in [-0.4, -0.2) is 49.6 Å². The first kappa shape index (κ1) is 28.4. The fourth-order valence-corrected chi connectivity index (χ4v) is 3.53. The molecule has 0 radical (unpaired) electrons. The minimum atomic E-state index is -4.68. The molecule has 0 bridgehead atoms. The molecule has 0 spiro atoms. The van der Waals surface area contributed by atoms with Crippen LogP contribution >= 0.6 is 11.3 Å². The van der Waals surface area contributed by atoms with Crippen molar-refractivity contribution in [2.75, 3.05) is 38.9 Å². The van der Waals surface area contributed by atoms with Crippen molar-refractivity contribution < 1.29 is 36.9 Å². The molecule has 0 aliphatic carbocycles. The Hall–Kier alpha value is -4.15. The third-order valence-electron chi connectivity index (χ3n) is 4.75. The lowest BCUT2D eigenvalue weighted by Crippen LogP contribution is -2.13. The van der Waals surface area contributed by atoms with Crippen LogP contribution in [0.3, 0.4) is 0 Å². The fourth-order valence-electron chi connectivity index (χ4n) is 2.93. The second-order valence-electron chi connectivity index (χ2n) is 7.57. The molecular weight excluding hydrogens is 525 g/mol. The number of hydrogen-bond donors (Lipinski definition) is 1. The first-order valence-corrected chi connectivity index (χ1v) is 11.9. The maximum absolute atomic E-state index is 12.7. The molecule has 0 saturated heterocycles. The number of hydrogen-bond acceptors (Lipinski definition) is 9. The Bertz CT molecular complexity index is 1300. The molecule has 200 valence electrons. The minimum Gasteiger partial charge on any atom is -0.493 e. The second kappa shape index (κ2) is 13.4. The SMILES string of the molecule is COc1cc(C=C(C#N)C(=O)Nc2nnc(C(F)(F)F)s2)ccc1OCCOCCOc1ccc(C)cc1. The number of nitrogens with zero attached hydrogens (tertiary/aromatic N) is 3. The summed E-state index contributed by atoms with van der Waals surface area (Å²) in [5.74, 6) is 0.598. The molecule has 0 fully saturated rings. The van der Waals surface area contributed by atoms with Crippen LogP contribution in [0.4, 0.5) is 18.3 Å². The van der Waals surface area contributed by atoms with Crippen molar-refractivity contribution in [3.8, 4) is 23.3 Å². The monoisotopic (exact) mass is 548 g/mol. The van der Waals surface area contributed by atoms with Crippen LogP contribution in [0.1, 0.15) is 16.1 Å². The van der Waals surface area contributed by atoms with Gasteiger partial charge in [-0.3, -0.25) is 10.1 Å². The number of anilines is 1. The van der Waals surface area contributed by atoms with E-state index in [1.165, 1.54) is 13.2 Å². The van der Waals surface area contributed by atoms with Gasteiger partial charge in [-0.05, 0) is 42.8 Å². The van der Waals surface area contributed by atoms with Crippen LogP contribution in [0.25, 0.3) is 6.08 Å². The Labute approximate surface area is 220 Å². The number of ether oxygens (including phenoxy) is 4. The Morgan fingerprint density at radius 1 is 1.05 bits per heavy atom. The number of rotatable bonds is 12. The predicted octanol–water partition coefficient (Wildman–Crippen LogP) is 4.89. The van der Waals surface area contributed by atoms with Crippen molar-refractivity contribution in [1.29, 1.82) is 5.26 Å². The van der Waals surface area contributed by atoms with E-state index in [2.05, 4.69) is 15.5 Å². The lowest BCUT2D eigenvalue weighted by molar-refractivity contribution is -0.138. The molecule has 1 amide bonds. The summed E-state index contributed by atoms with van der Waals surface area (Å²) < 4.78 is 60.1. The standard InChI is InChI=1S/C25H23F3N4O5S/c1-16-3-6-19(7-4-16)36-11-9-35-10-12-37-20-8-5-17(14-21(20)34-2)13-18(15-29)22(33)30-24-32-31-23(38-24)25(26,27)28/h3-8,13-14H,9-12H2,1-2H3,(H,30,32,33). The normalized spacial score (nSPS) is 11.5. The third-order valence-corrected chi connectivity index (χ3v) is 5.64. The third kappa shape index (κ3) is 8.46. The zero-order chi connectivity index (χ0) is 27.5. The zero-order valence-corrected chi connectivity index (χ0v) is 21.2. The average molecular weight is 549 g/mol. The minimum absolute atomic E-state index is 0.154. The van der Waals surface area contributed by atoms with E-state index in [1.54, 1.807) is 24.3 Å². The topological polar surface area (TPSA) is 116 Å². The van der Waals surface area contributed by atoms with Gasteiger partial charge in [-0.1, -0.05) is 35.1 Å². The van der Waals surface area contributed by atoms with Crippen molar-refractivity contribution in [3.05, 3.63) is 64.2 Å². The van der Waals surface area contributed by atoms with Gasteiger partial charge in [0.05, 0.1) is 20.3 Å². The van der Waals surface area contributed by atoms with E-state index in [4.69, 9.17) is 18.9 Å².